The molecule has 0 unspecified atom stereocenters. The molecule has 1 aromatic rings. The molecule has 3 heteroatoms. The van der Waals surface area contributed by atoms with E-state index in [4.69, 9.17) is 5.26 Å². The van der Waals surface area contributed by atoms with Gasteiger partial charge in [0.1, 0.15) is 0 Å². The van der Waals surface area contributed by atoms with Crippen molar-refractivity contribution in [3.05, 3.63) is 34.3 Å². The first kappa shape index (κ1) is 13.6. The van der Waals surface area contributed by atoms with Crippen LogP contribution in [-0.4, -0.2) is 13.1 Å². The van der Waals surface area contributed by atoms with Gasteiger partial charge in [0, 0.05) is 23.0 Å². The van der Waals surface area contributed by atoms with Crippen molar-refractivity contribution in [2.24, 2.45) is 5.41 Å². The number of rotatable bonds is 5. The Labute approximate surface area is 118 Å². The highest BCUT2D eigenvalue weighted by molar-refractivity contribution is 9.10. The third-order valence-electron chi connectivity index (χ3n) is 3.72. The Morgan fingerprint density at radius 3 is 2.61 bits per heavy atom. The van der Waals surface area contributed by atoms with E-state index in [2.05, 4.69) is 59.4 Å². The van der Waals surface area contributed by atoms with Gasteiger partial charge in [-0.2, -0.15) is 5.26 Å². The second kappa shape index (κ2) is 5.03. The van der Waals surface area contributed by atoms with Crippen LogP contribution in [0.2, 0.25) is 0 Å². The molecule has 0 spiro atoms. The summed E-state index contributed by atoms with van der Waals surface area (Å²) >= 11 is 3.61. The van der Waals surface area contributed by atoms with Crippen molar-refractivity contribution in [1.29, 1.82) is 5.26 Å². The van der Waals surface area contributed by atoms with Crippen LogP contribution in [0.15, 0.2) is 28.7 Å². The SMILES string of the molecule is CC(C)(CNCC1(C#N)CC1)c1ccccc1Br. The number of benzene rings is 1. The number of nitrogens with zero attached hydrogens (tertiary/aromatic N) is 1. The summed E-state index contributed by atoms with van der Waals surface area (Å²) in [4.78, 5) is 0. The smallest absolute Gasteiger partial charge is 0.0703 e. The van der Waals surface area contributed by atoms with Crippen LogP contribution in [0.25, 0.3) is 0 Å². The summed E-state index contributed by atoms with van der Waals surface area (Å²) in [7, 11) is 0. The first-order valence-electron chi connectivity index (χ1n) is 6.36. The lowest BCUT2D eigenvalue weighted by atomic mass is 9.84. The minimum atomic E-state index is -0.0655. The predicted molar refractivity (Wildman–Crippen MR) is 77.3 cm³/mol. The summed E-state index contributed by atoms with van der Waals surface area (Å²) < 4.78 is 1.15. The van der Waals surface area contributed by atoms with Gasteiger partial charge < -0.3 is 5.32 Å². The van der Waals surface area contributed by atoms with E-state index in [1.54, 1.807) is 0 Å². The maximum Gasteiger partial charge on any atom is 0.0703 e. The van der Waals surface area contributed by atoms with Crippen molar-refractivity contribution >= 4 is 15.9 Å². The molecule has 1 aliphatic carbocycles. The van der Waals surface area contributed by atoms with Gasteiger partial charge in [0.15, 0.2) is 0 Å². The molecule has 0 aliphatic heterocycles. The number of halogens is 1. The summed E-state index contributed by atoms with van der Waals surface area (Å²) in [6.07, 6.45) is 2.10. The monoisotopic (exact) mass is 306 g/mol. The molecule has 1 N–H and O–H groups in total. The van der Waals surface area contributed by atoms with Gasteiger partial charge in [0.2, 0.25) is 0 Å². The highest BCUT2D eigenvalue weighted by Gasteiger charge is 2.42. The fourth-order valence-corrected chi connectivity index (χ4v) is 3.02. The number of hydrogen-bond donors (Lipinski definition) is 1. The van der Waals surface area contributed by atoms with E-state index in [9.17, 15) is 0 Å². The van der Waals surface area contributed by atoms with Crippen molar-refractivity contribution in [2.75, 3.05) is 13.1 Å². The van der Waals surface area contributed by atoms with Crippen molar-refractivity contribution in [1.82, 2.24) is 5.32 Å². The third kappa shape index (κ3) is 2.93. The van der Waals surface area contributed by atoms with Gasteiger partial charge in [-0.15, -0.1) is 0 Å². The topological polar surface area (TPSA) is 35.8 Å². The van der Waals surface area contributed by atoms with Crippen LogP contribution in [0.5, 0.6) is 0 Å². The van der Waals surface area contributed by atoms with E-state index in [1.807, 2.05) is 6.07 Å². The Kier molecular flexibility index (Phi) is 3.79. The van der Waals surface area contributed by atoms with Gasteiger partial charge in [-0.05, 0) is 24.5 Å². The molecule has 1 fully saturated rings. The molecule has 0 radical (unpaired) electrons. The van der Waals surface area contributed by atoms with Crippen LogP contribution in [0.1, 0.15) is 32.3 Å². The van der Waals surface area contributed by atoms with E-state index in [-0.39, 0.29) is 10.8 Å². The molecule has 96 valence electrons. The van der Waals surface area contributed by atoms with Crippen LogP contribution in [0, 0.1) is 16.7 Å². The van der Waals surface area contributed by atoms with Crippen molar-refractivity contribution in [2.45, 2.75) is 32.1 Å². The van der Waals surface area contributed by atoms with Crippen LogP contribution >= 0.6 is 15.9 Å². The van der Waals surface area contributed by atoms with Crippen molar-refractivity contribution in [3.63, 3.8) is 0 Å². The second-order valence-corrected chi connectivity index (χ2v) is 6.71. The summed E-state index contributed by atoms with van der Waals surface area (Å²) in [6, 6.07) is 10.8. The van der Waals surface area contributed by atoms with Crippen LogP contribution < -0.4 is 5.32 Å². The van der Waals surface area contributed by atoms with E-state index in [0.29, 0.717) is 0 Å². The summed E-state index contributed by atoms with van der Waals surface area (Å²) in [5.74, 6) is 0. The Bertz CT molecular complexity index is 470. The third-order valence-corrected chi connectivity index (χ3v) is 4.42. The Balaban J connectivity index is 1.96. The van der Waals surface area contributed by atoms with E-state index < -0.39 is 0 Å². The maximum atomic E-state index is 9.05. The van der Waals surface area contributed by atoms with Crippen molar-refractivity contribution in [3.8, 4) is 6.07 Å². The zero-order valence-corrected chi connectivity index (χ0v) is 12.5. The van der Waals surface area contributed by atoms with Gasteiger partial charge in [-0.3, -0.25) is 0 Å². The van der Waals surface area contributed by atoms with Crippen LogP contribution in [0.3, 0.4) is 0 Å². The molecule has 0 aromatic heterocycles. The summed E-state index contributed by atoms with van der Waals surface area (Å²) in [5, 5.41) is 12.5. The van der Waals surface area contributed by atoms with Gasteiger partial charge in [0.25, 0.3) is 0 Å². The molecule has 1 aliphatic rings. The minimum absolute atomic E-state index is 0.0611. The average molecular weight is 307 g/mol. The molecule has 2 rings (SSSR count). The first-order chi connectivity index (χ1) is 8.49. The van der Waals surface area contributed by atoms with Gasteiger partial charge >= 0.3 is 0 Å². The molecular weight excluding hydrogens is 288 g/mol. The lowest BCUT2D eigenvalue weighted by Gasteiger charge is -2.27. The normalized spacial score (nSPS) is 17.2. The first-order valence-corrected chi connectivity index (χ1v) is 7.15. The Morgan fingerprint density at radius 2 is 2.06 bits per heavy atom. The highest BCUT2D eigenvalue weighted by atomic mass is 79.9. The van der Waals surface area contributed by atoms with Crippen LogP contribution in [0.4, 0.5) is 0 Å². The van der Waals surface area contributed by atoms with E-state index in [0.717, 1.165) is 30.4 Å². The number of nitriles is 1. The fraction of sp³-hybridized carbons (Fsp3) is 0.533. The standard InChI is InChI=1S/C15H19BrN2/c1-14(2,12-5-3-4-6-13(12)16)10-18-11-15(9-17)7-8-15/h3-6,18H,7-8,10-11H2,1-2H3. The van der Waals surface area contributed by atoms with E-state index >= 15 is 0 Å². The summed E-state index contributed by atoms with van der Waals surface area (Å²) in [6.45, 7) is 6.16. The second-order valence-electron chi connectivity index (χ2n) is 5.86. The Morgan fingerprint density at radius 1 is 1.39 bits per heavy atom. The number of hydrogen-bond acceptors (Lipinski definition) is 2. The van der Waals surface area contributed by atoms with Crippen LogP contribution in [-0.2, 0) is 5.41 Å². The number of nitrogens with one attached hydrogen (secondary N) is 1. The van der Waals surface area contributed by atoms with Gasteiger partial charge in [-0.1, -0.05) is 48.0 Å². The van der Waals surface area contributed by atoms with Gasteiger partial charge in [-0.25, -0.2) is 0 Å². The lowest BCUT2D eigenvalue weighted by Crippen LogP contribution is -2.36. The molecular formula is C15H19BrN2. The predicted octanol–water partition coefficient (Wildman–Crippen LogP) is 3.62. The zero-order valence-electron chi connectivity index (χ0n) is 11.0. The molecule has 2 nitrogen and oxygen atoms in total. The molecule has 18 heavy (non-hydrogen) atoms. The van der Waals surface area contributed by atoms with Crippen molar-refractivity contribution < 1.29 is 0 Å². The largest absolute Gasteiger partial charge is 0.314 e. The average Bonchev–Trinajstić information content (AvgIpc) is 3.10. The summed E-state index contributed by atoms with van der Waals surface area (Å²) in [5.41, 5.74) is 1.30. The lowest BCUT2D eigenvalue weighted by molar-refractivity contribution is 0.442. The quantitative estimate of drug-likeness (QED) is 0.902. The molecule has 0 amide bonds. The minimum Gasteiger partial charge on any atom is -0.314 e. The Hall–Kier alpha value is -0.850. The molecule has 0 bridgehead atoms. The fourth-order valence-electron chi connectivity index (χ4n) is 2.20. The van der Waals surface area contributed by atoms with Gasteiger partial charge in [0.05, 0.1) is 11.5 Å². The molecule has 0 atom stereocenters. The molecule has 1 aromatic carbocycles. The molecule has 0 saturated heterocycles. The maximum absolute atomic E-state index is 9.05. The zero-order chi connectivity index (χ0) is 13.2. The molecule has 0 heterocycles. The molecule has 1 saturated carbocycles. The van der Waals surface area contributed by atoms with E-state index in [1.165, 1.54) is 5.56 Å². The highest BCUT2D eigenvalue weighted by Crippen LogP contribution is 2.44.